The van der Waals surface area contributed by atoms with Gasteiger partial charge in [0, 0.05) is 36.7 Å². The van der Waals surface area contributed by atoms with Crippen LogP contribution in [0.4, 0.5) is 11.6 Å². The minimum atomic E-state index is -2.90. The Bertz CT molecular complexity index is 1450. The number of nitrogens with two attached hydrogens (primary N) is 2. The average Bonchev–Trinajstić information content (AvgIpc) is 3.19. The number of aromatic nitrogens is 4. The lowest BCUT2D eigenvalue weighted by molar-refractivity contribution is -0.111. The van der Waals surface area contributed by atoms with Gasteiger partial charge in [0.25, 0.3) is 0 Å². The lowest BCUT2D eigenvalue weighted by Crippen LogP contribution is -2.42. The molecule has 4 N–H and O–H groups in total. The Morgan fingerprint density at radius 3 is 2.47 bits per heavy atom. The fourth-order valence-electron chi connectivity index (χ4n) is 5.67. The van der Waals surface area contributed by atoms with E-state index in [1.807, 2.05) is 32.9 Å². The van der Waals surface area contributed by atoms with Gasteiger partial charge in [0.1, 0.15) is 11.9 Å². The molecule has 0 aliphatic carbocycles. The van der Waals surface area contributed by atoms with E-state index in [0.29, 0.717) is 45.7 Å². The van der Waals surface area contributed by atoms with E-state index in [4.69, 9.17) is 15.9 Å². The number of rotatable bonds is 6. The van der Waals surface area contributed by atoms with E-state index in [1.54, 1.807) is 24.7 Å². The van der Waals surface area contributed by atoms with Gasteiger partial charge in [0.2, 0.25) is 11.7 Å². The molecule has 4 heterocycles. The molecule has 2 aliphatic heterocycles. The minimum absolute atomic E-state index is 0.0824. The number of hydrogen-bond acceptors (Lipinski definition) is 9. The van der Waals surface area contributed by atoms with Crippen molar-refractivity contribution >= 4 is 27.2 Å². The second-order valence-corrected chi connectivity index (χ2v) is 12.7. The van der Waals surface area contributed by atoms with Crippen LogP contribution in [0.3, 0.4) is 0 Å². The van der Waals surface area contributed by atoms with Crippen LogP contribution < -0.4 is 20.8 Å². The van der Waals surface area contributed by atoms with Crippen molar-refractivity contribution in [1.82, 2.24) is 20.2 Å². The third kappa shape index (κ3) is 5.20. The fraction of sp³-hybridized carbons (Fsp3) is 0.444. The molecule has 10 nitrogen and oxygen atoms in total. The summed E-state index contributed by atoms with van der Waals surface area (Å²) in [6, 6.07) is 5.42. The summed E-state index contributed by atoms with van der Waals surface area (Å²) in [7, 11) is -2.90. The van der Waals surface area contributed by atoms with Gasteiger partial charge in [-0.15, -0.1) is 0 Å². The number of ether oxygens (including phenoxy) is 1. The Morgan fingerprint density at radius 2 is 1.84 bits per heavy atom. The summed E-state index contributed by atoms with van der Waals surface area (Å²) in [5.41, 5.74) is 11.3. The largest absolute Gasteiger partial charge is 0.486 e. The fourth-order valence-corrected chi connectivity index (χ4v) is 7.92. The van der Waals surface area contributed by atoms with Gasteiger partial charge in [0.15, 0.2) is 9.84 Å². The van der Waals surface area contributed by atoms with Crippen LogP contribution in [0.5, 0.6) is 5.75 Å². The summed E-state index contributed by atoms with van der Waals surface area (Å²) in [6.45, 7) is 7.36. The first kappa shape index (κ1) is 26.0. The van der Waals surface area contributed by atoms with E-state index in [0.717, 1.165) is 49.2 Å². The van der Waals surface area contributed by atoms with Crippen LogP contribution in [0.1, 0.15) is 60.2 Å². The topological polar surface area (TPSA) is 150 Å². The van der Waals surface area contributed by atoms with E-state index in [9.17, 15) is 8.42 Å². The molecule has 5 rings (SSSR count). The number of sulfone groups is 1. The molecule has 1 spiro atoms. The molecular formula is C27H34N7O3S+. The molecule has 2 fully saturated rings. The molecule has 0 radical (unpaired) electrons. The highest BCUT2D eigenvalue weighted by Crippen LogP contribution is 2.42. The van der Waals surface area contributed by atoms with Crippen LogP contribution in [0.25, 0.3) is 0 Å². The first-order chi connectivity index (χ1) is 18.1. The summed E-state index contributed by atoms with van der Waals surface area (Å²) in [5.74, 6) is 1.87. The summed E-state index contributed by atoms with van der Waals surface area (Å²) < 4.78 is 30.2. The first-order valence-electron chi connectivity index (χ1n) is 12.8. The molecule has 1 atom stereocenters. The van der Waals surface area contributed by atoms with E-state index in [1.165, 1.54) is 0 Å². The number of benzene rings is 1. The molecule has 0 saturated carbocycles. The van der Waals surface area contributed by atoms with Gasteiger partial charge in [-0.3, -0.25) is 5.41 Å². The molecule has 0 unspecified atom stereocenters. The van der Waals surface area contributed by atoms with Gasteiger partial charge >= 0.3 is 0 Å². The van der Waals surface area contributed by atoms with E-state index >= 15 is 0 Å². The molecule has 2 saturated heterocycles. The molecule has 200 valence electrons. The van der Waals surface area contributed by atoms with Crippen molar-refractivity contribution in [2.75, 3.05) is 35.2 Å². The van der Waals surface area contributed by atoms with E-state index in [2.05, 4.69) is 25.1 Å². The molecule has 1 aromatic carbocycles. The summed E-state index contributed by atoms with van der Waals surface area (Å²) in [6.07, 6.45) is 7.33. The van der Waals surface area contributed by atoms with Gasteiger partial charge in [-0.1, -0.05) is 0 Å². The number of nitrogen functional groups attached to an aromatic ring is 1. The molecule has 11 heteroatoms. The quantitative estimate of drug-likeness (QED) is 0.354. The third-order valence-corrected chi connectivity index (χ3v) is 9.71. The number of piperidine rings is 1. The highest BCUT2D eigenvalue weighted by atomic mass is 32.2. The maximum atomic E-state index is 12.0. The normalized spacial score (nSPS) is 18.9. The zero-order valence-electron chi connectivity index (χ0n) is 22.0. The number of nitrogens with zero attached hydrogens (tertiary/aromatic N) is 5. The minimum Gasteiger partial charge on any atom is -0.486 e. The predicted molar refractivity (Wildman–Crippen MR) is 146 cm³/mol. The second-order valence-electron chi connectivity index (χ2n) is 10.6. The standard InChI is InChI=1S/C27H33N7O3S/c1-17-13-32-33-18(2)24(17)19(3)37-21-4-5-23(28)22(12-21)25(29)20-14-30-26(31-15-20)34-9-6-27(7-10-34)8-11-38(35,36)16-27/h4-5,12-15,19,29H,6-11,16,28H2,1-3H3/p+1/t19-/m0/s1. The Morgan fingerprint density at radius 1 is 1.13 bits per heavy atom. The van der Waals surface area contributed by atoms with Gasteiger partial charge in [-0.25, -0.2) is 18.4 Å². The summed E-state index contributed by atoms with van der Waals surface area (Å²) >= 11 is 0. The van der Waals surface area contributed by atoms with Crippen molar-refractivity contribution in [1.29, 1.82) is 0 Å². The van der Waals surface area contributed by atoms with Crippen molar-refractivity contribution in [3.05, 3.63) is 64.7 Å². The highest BCUT2D eigenvalue weighted by molar-refractivity contribution is 7.91. The number of aryl methyl sites for hydroxylation is 2. The molecule has 2 aliphatic rings. The van der Waals surface area contributed by atoms with Gasteiger partial charge in [-0.05, 0) is 69.2 Å². The van der Waals surface area contributed by atoms with Crippen LogP contribution in [0.2, 0.25) is 0 Å². The van der Waals surface area contributed by atoms with Crippen molar-refractivity contribution in [2.24, 2.45) is 5.41 Å². The zero-order valence-corrected chi connectivity index (χ0v) is 22.8. The molecule has 0 bridgehead atoms. The summed E-state index contributed by atoms with van der Waals surface area (Å²) in [5, 5.41) is 14.7. The van der Waals surface area contributed by atoms with Crippen molar-refractivity contribution in [3.8, 4) is 5.75 Å². The van der Waals surface area contributed by atoms with Crippen LogP contribution in [-0.4, -0.2) is 58.9 Å². The number of anilines is 2. The zero-order chi connectivity index (χ0) is 27.1. The van der Waals surface area contributed by atoms with E-state index in [-0.39, 0.29) is 11.5 Å². The van der Waals surface area contributed by atoms with Crippen molar-refractivity contribution < 1.29 is 18.6 Å². The van der Waals surface area contributed by atoms with Gasteiger partial charge in [0.05, 0.1) is 34.5 Å². The Balaban J connectivity index is 1.28. The Kier molecular flexibility index (Phi) is 6.81. The van der Waals surface area contributed by atoms with Crippen molar-refractivity contribution in [2.45, 2.75) is 46.1 Å². The van der Waals surface area contributed by atoms with Crippen LogP contribution >= 0.6 is 0 Å². The van der Waals surface area contributed by atoms with Gasteiger partial charge in [-0.2, -0.15) is 10.2 Å². The third-order valence-electron chi connectivity index (χ3n) is 7.83. The van der Waals surface area contributed by atoms with Crippen molar-refractivity contribution in [3.63, 3.8) is 0 Å². The predicted octanol–water partition coefficient (Wildman–Crippen LogP) is 1.61. The monoisotopic (exact) mass is 536 g/mol. The lowest BCUT2D eigenvalue weighted by atomic mass is 9.78. The average molecular weight is 537 g/mol. The van der Waals surface area contributed by atoms with Crippen LogP contribution in [0, 0.1) is 19.3 Å². The molecule has 38 heavy (non-hydrogen) atoms. The maximum absolute atomic E-state index is 12.0. The Hall–Kier alpha value is -3.60. The summed E-state index contributed by atoms with van der Waals surface area (Å²) in [4.78, 5) is 11.2. The maximum Gasteiger partial charge on any atom is 0.225 e. The van der Waals surface area contributed by atoms with Crippen LogP contribution in [0.15, 0.2) is 36.8 Å². The smallest absolute Gasteiger partial charge is 0.225 e. The lowest BCUT2D eigenvalue weighted by Gasteiger charge is -2.38. The Labute approximate surface area is 223 Å². The molecule has 3 aromatic rings. The highest BCUT2D eigenvalue weighted by Gasteiger charge is 2.44. The second kappa shape index (κ2) is 9.94. The molecular weight excluding hydrogens is 502 g/mol. The van der Waals surface area contributed by atoms with Crippen LogP contribution in [-0.2, 0) is 9.84 Å². The van der Waals surface area contributed by atoms with Gasteiger partial charge < -0.3 is 15.4 Å². The molecule has 0 amide bonds. The molecule has 2 aromatic heterocycles. The SMILES string of the molecule is Cc1cnnc(C)c1[C@H](C)Oc1ccc(N)c(C(=[NH2+])c2cnc(N3CCC4(CC3)CCS(=O)(=O)C4)nc2)c1. The first-order valence-corrected chi connectivity index (χ1v) is 14.6. The number of hydrogen-bond donors (Lipinski definition) is 2. The van der Waals surface area contributed by atoms with E-state index < -0.39 is 9.84 Å².